The minimum absolute atomic E-state index is 0.0296. The van der Waals surface area contributed by atoms with E-state index in [9.17, 15) is 4.79 Å². The van der Waals surface area contributed by atoms with Gasteiger partial charge >= 0.3 is 6.09 Å². The first-order valence-corrected chi connectivity index (χ1v) is 6.74. The predicted octanol–water partition coefficient (Wildman–Crippen LogP) is 2.63. The van der Waals surface area contributed by atoms with E-state index in [1.54, 1.807) is 4.90 Å². The molecule has 2 aliphatic heterocycles. The number of fused-ring (bicyclic) bond motifs is 1. The molecule has 0 aromatic heterocycles. The molecule has 17 heavy (non-hydrogen) atoms. The zero-order valence-electron chi connectivity index (χ0n) is 10.9. The molecule has 2 aliphatic rings. The third kappa shape index (κ3) is 2.57. The number of rotatable bonds is 3. The Balaban J connectivity index is 1.97. The van der Waals surface area contributed by atoms with Gasteiger partial charge in [0, 0.05) is 12.5 Å². The van der Waals surface area contributed by atoms with E-state index >= 15 is 0 Å². The summed E-state index contributed by atoms with van der Waals surface area (Å²) < 4.78 is 10.6. The van der Waals surface area contributed by atoms with Crippen LogP contribution in [0.2, 0.25) is 0 Å². The normalized spacial score (nSPS) is 32.4. The molecule has 0 aliphatic carbocycles. The summed E-state index contributed by atoms with van der Waals surface area (Å²) in [6.45, 7) is 3.80. The van der Waals surface area contributed by atoms with Crippen LogP contribution in [-0.2, 0) is 9.47 Å². The van der Waals surface area contributed by atoms with Crippen molar-refractivity contribution in [2.75, 3.05) is 20.3 Å². The molecule has 3 atom stereocenters. The highest BCUT2D eigenvalue weighted by molar-refractivity contribution is 5.67. The second kappa shape index (κ2) is 5.71. The topological polar surface area (TPSA) is 38.8 Å². The second-order valence-corrected chi connectivity index (χ2v) is 5.10. The van der Waals surface area contributed by atoms with E-state index in [1.165, 1.54) is 32.8 Å². The Kier molecular flexibility index (Phi) is 4.26. The molecular formula is C13H23NO3. The van der Waals surface area contributed by atoms with Gasteiger partial charge in [-0.15, -0.1) is 0 Å². The minimum Gasteiger partial charge on any atom is -0.453 e. The van der Waals surface area contributed by atoms with Crippen LogP contribution in [0.4, 0.5) is 4.79 Å². The number of unbranched alkanes of at least 4 members (excludes halogenated alkanes) is 1. The molecule has 2 rings (SSSR count). The zero-order chi connectivity index (χ0) is 12.3. The molecule has 0 aromatic rings. The third-order valence-electron chi connectivity index (χ3n) is 4.03. The second-order valence-electron chi connectivity index (χ2n) is 5.10. The molecule has 98 valence electrons. The Labute approximate surface area is 103 Å². The van der Waals surface area contributed by atoms with Crippen LogP contribution in [0.15, 0.2) is 0 Å². The highest BCUT2D eigenvalue weighted by Gasteiger charge is 2.44. The van der Waals surface area contributed by atoms with Crippen LogP contribution >= 0.6 is 0 Å². The number of hydrogen-bond acceptors (Lipinski definition) is 3. The number of hydrogen-bond donors (Lipinski definition) is 0. The summed E-state index contributed by atoms with van der Waals surface area (Å²) in [5.41, 5.74) is 0. The number of methoxy groups -OCH3 is 1. The van der Waals surface area contributed by atoms with E-state index in [-0.39, 0.29) is 12.3 Å². The molecule has 0 radical (unpaired) electrons. The van der Waals surface area contributed by atoms with Crippen molar-refractivity contribution in [3.8, 4) is 0 Å². The van der Waals surface area contributed by atoms with Crippen LogP contribution in [0.3, 0.4) is 0 Å². The van der Waals surface area contributed by atoms with Gasteiger partial charge in [0.05, 0.1) is 13.7 Å². The summed E-state index contributed by atoms with van der Waals surface area (Å²) in [7, 11) is 1.44. The highest BCUT2D eigenvalue weighted by atomic mass is 16.6. The van der Waals surface area contributed by atoms with Crippen LogP contribution in [-0.4, -0.2) is 37.5 Å². The van der Waals surface area contributed by atoms with Gasteiger partial charge < -0.3 is 9.47 Å². The predicted molar refractivity (Wildman–Crippen MR) is 64.6 cm³/mol. The lowest BCUT2D eigenvalue weighted by molar-refractivity contribution is -0.0503. The molecular weight excluding hydrogens is 218 g/mol. The van der Waals surface area contributed by atoms with Crippen molar-refractivity contribution in [3.05, 3.63) is 0 Å². The quantitative estimate of drug-likeness (QED) is 0.762. The molecule has 1 amide bonds. The average Bonchev–Trinajstić information content (AvgIpc) is 2.78. The number of nitrogens with zero attached hydrogens (tertiary/aromatic N) is 1. The van der Waals surface area contributed by atoms with E-state index < -0.39 is 0 Å². The maximum Gasteiger partial charge on any atom is 0.411 e. The zero-order valence-corrected chi connectivity index (χ0v) is 10.9. The SMILES string of the molecule is CCCCC1CO[C@H]2[C@@H]1CCCN2C(=O)OC. The number of piperidine rings is 1. The van der Waals surface area contributed by atoms with E-state index in [4.69, 9.17) is 9.47 Å². The monoisotopic (exact) mass is 241 g/mol. The van der Waals surface area contributed by atoms with Gasteiger partial charge in [-0.3, -0.25) is 4.90 Å². The smallest absolute Gasteiger partial charge is 0.411 e. The van der Waals surface area contributed by atoms with E-state index in [2.05, 4.69) is 6.92 Å². The minimum atomic E-state index is -0.240. The van der Waals surface area contributed by atoms with Crippen molar-refractivity contribution in [2.45, 2.75) is 45.3 Å². The van der Waals surface area contributed by atoms with Gasteiger partial charge in [-0.1, -0.05) is 19.8 Å². The van der Waals surface area contributed by atoms with Crippen LogP contribution < -0.4 is 0 Å². The van der Waals surface area contributed by atoms with E-state index in [0.29, 0.717) is 11.8 Å². The summed E-state index contributed by atoms with van der Waals surface area (Å²) in [4.78, 5) is 13.4. The molecule has 4 nitrogen and oxygen atoms in total. The number of carbonyl (C=O) groups excluding carboxylic acids is 1. The van der Waals surface area contributed by atoms with Crippen molar-refractivity contribution < 1.29 is 14.3 Å². The Morgan fingerprint density at radius 2 is 2.35 bits per heavy atom. The molecule has 1 unspecified atom stereocenters. The molecule has 2 saturated heterocycles. The maximum absolute atomic E-state index is 11.7. The van der Waals surface area contributed by atoms with Crippen molar-refractivity contribution in [3.63, 3.8) is 0 Å². The molecule has 2 fully saturated rings. The molecule has 0 spiro atoms. The van der Waals surface area contributed by atoms with Gasteiger partial charge in [-0.05, 0) is 25.2 Å². The number of likely N-dealkylation sites (tertiary alicyclic amines) is 1. The first kappa shape index (κ1) is 12.7. The van der Waals surface area contributed by atoms with Gasteiger partial charge in [0.2, 0.25) is 0 Å². The number of ether oxygens (including phenoxy) is 2. The average molecular weight is 241 g/mol. The van der Waals surface area contributed by atoms with Crippen molar-refractivity contribution in [1.82, 2.24) is 4.90 Å². The van der Waals surface area contributed by atoms with Crippen LogP contribution in [0.5, 0.6) is 0 Å². The Morgan fingerprint density at radius 1 is 1.53 bits per heavy atom. The fourth-order valence-electron chi connectivity index (χ4n) is 3.10. The third-order valence-corrected chi connectivity index (χ3v) is 4.03. The fraction of sp³-hybridized carbons (Fsp3) is 0.923. The number of amides is 1. The van der Waals surface area contributed by atoms with E-state index in [0.717, 1.165) is 19.6 Å². The molecule has 0 saturated carbocycles. The van der Waals surface area contributed by atoms with Gasteiger partial charge in [0.25, 0.3) is 0 Å². The Hall–Kier alpha value is -0.770. The molecule has 0 aromatic carbocycles. The molecule has 0 N–H and O–H groups in total. The molecule has 4 heteroatoms. The summed E-state index contributed by atoms with van der Waals surface area (Å²) in [6, 6.07) is 0. The fourth-order valence-corrected chi connectivity index (χ4v) is 3.10. The molecule has 0 bridgehead atoms. The van der Waals surface area contributed by atoms with Gasteiger partial charge in [-0.2, -0.15) is 0 Å². The summed E-state index contributed by atoms with van der Waals surface area (Å²) >= 11 is 0. The Morgan fingerprint density at radius 3 is 3.06 bits per heavy atom. The first-order chi connectivity index (χ1) is 8.27. The van der Waals surface area contributed by atoms with E-state index in [1.807, 2.05) is 0 Å². The Bertz CT molecular complexity index is 269. The van der Waals surface area contributed by atoms with Gasteiger partial charge in [-0.25, -0.2) is 4.79 Å². The molecule has 2 heterocycles. The van der Waals surface area contributed by atoms with Gasteiger partial charge in [0.15, 0.2) is 0 Å². The lowest BCUT2D eigenvalue weighted by Crippen LogP contribution is -2.47. The summed E-state index contributed by atoms with van der Waals surface area (Å²) in [5.74, 6) is 1.15. The summed E-state index contributed by atoms with van der Waals surface area (Å²) in [5, 5.41) is 0. The first-order valence-electron chi connectivity index (χ1n) is 6.74. The number of carbonyl (C=O) groups is 1. The van der Waals surface area contributed by atoms with Crippen molar-refractivity contribution >= 4 is 6.09 Å². The van der Waals surface area contributed by atoms with Crippen LogP contribution in [0, 0.1) is 11.8 Å². The lowest BCUT2D eigenvalue weighted by Gasteiger charge is -2.36. The largest absolute Gasteiger partial charge is 0.453 e. The summed E-state index contributed by atoms with van der Waals surface area (Å²) in [6.07, 6.45) is 5.71. The van der Waals surface area contributed by atoms with Crippen molar-refractivity contribution in [2.24, 2.45) is 11.8 Å². The van der Waals surface area contributed by atoms with Crippen molar-refractivity contribution in [1.29, 1.82) is 0 Å². The lowest BCUT2D eigenvalue weighted by atomic mass is 9.84. The highest BCUT2D eigenvalue weighted by Crippen LogP contribution is 2.39. The van der Waals surface area contributed by atoms with Gasteiger partial charge in [0.1, 0.15) is 6.23 Å². The maximum atomic E-state index is 11.7. The standard InChI is InChI=1S/C13H23NO3/c1-3-4-6-10-9-17-12-11(10)7-5-8-14(12)13(15)16-2/h10-12H,3-9H2,1-2H3/t10?,11-,12+/m1/s1. The van der Waals surface area contributed by atoms with Crippen LogP contribution in [0.25, 0.3) is 0 Å². The van der Waals surface area contributed by atoms with Crippen LogP contribution in [0.1, 0.15) is 39.0 Å².